The Balaban J connectivity index is 1.86. The molecule has 0 saturated carbocycles. The first kappa shape index (κ1) is 15.3. The van der Waals surface area contributed by atoms with Gasteiger partial charge < -0.3 is 10.2 Å². The first-order chi connectivity index (χ1) is 9.60. The first-order valence-electron chi connectivity index (χ1n) is 7.81. The molecule has 112 valence electrons. The second-order valence-corrected chi connectivity index (χ2v) is 6.27. The Morgan fingerprint density at radius 3 is 2.40 bits per heavy atom. The number of hydrogen-bond acceptors (Lipinski definition) is 3. The van der Waals surface area contributed by atoms with Gasteiger partial charge in [-0.1, -0.05) is 26.0 Å². The lowest BCUT2D eigenvalue weighted by Gasteiger charge is -2.38. The number of nitrogens with one attached hydrogen (secondary N) is 1. The fourth-order valence-electron chi connectivity index (χ4n) is 2.93. The van der Waals surface area contributed by atoms with Crippen molar-refractivity contribution in [3.8, 4) is 0 Å². The van der Waals surface area contributed by atoms with E-state index in [1.807, 2.05) is 0 Å². The number of nitrogens with zero attached hydrogens (tertiary/aromatic N) is 2. The fraction of sp³-hybridized carbons (Fsp3) is 0.647. The van der Waals surface area contributed by atoms with Crippen molar-refractivity contribution in [3.05, 3.63) is 29.8 Å². The molecule has 3 nitrogen and oxygen atoms in total. The number of anilines is 1. The maximum Gasteiger partial charge on any atom is 0.0369 e. The van der Waals surface area contributed by atoms with Crippen molar-refractivity contribution in [2.75, 3.05) is 44.7 Å². The van der Waals surface area contributed by atoms with Gasteiger partial charge in [0.05, 0.1) is 0 Å². The van der Waals surface area contributed by atoms with Crippen LogP contribution in [0.2, 0.25) is 0 Å². The van der Waals surface area contributed by atoms with E-state index in [4.69, 9.17) is 0 Å². The summed E-state index contributed by atoms with van der Waals surface area (Å²) in [6, 6.07) is 9.45. The molecule has 0 bridgehead atoms. The van der Waals surface area contributed by atoms with E-state index in [1.54, 1.807) is 0 Å². The molecule has 2 rings (SSSR count). The summed E-state index contributed by atoms with van der Waals surface area (Å²) in [4.78, 5) is 5.10. The smallest absolute Gasteiger partial charge is 0.0369 e. The SMILES string of the molecule is CNC(CN1CCN(c2cccc(C)c2)CC1)C(C)C. The highest BCUT2D eigenvalue weighted by Gasteiger charge is 2.21. The zero-order valence-electron chi connectivity index (χ0n) is 13.4. The van der Waals surface area contributed by atoms with Crippen LogP contribution in [0.5, 0.6) is 0 Å². The van der Waals surface area contributed by atoms with Gasteiger partial charge in [0.15, 0.2) is 0 Å². The second kappa shape index (κ2) is 7.09. The van der Waals surface area contributed by atoms with Crippen LogP contribution in [0.1, 0.15) is 19.4 Å². The van der Waals surface area contributed by atoms with Gasteiger partial charge in [0.1, 0.15) is 0 Å². The van der Waals surface area contributed by atoms with Gasteiger partial charge in [-0.05, 0) is 37.6 Å². The molecule has 1 unspecified atom stereocenters. The van der Waals surface area contributed by atoms with Crippen LogP contribution in [-0.2, 0) is 0 Å². The summed E-state index contributed by atoms with van der Waals surface area (Å²) in [6.07, 6.45) is 0. The fourth-order valence-corrected chi connectivity index (χ4v) is 2.93. The molecule has 1 aliphatic rings. The Kier molecular flexibility index (Phi) is 5.44. The minimum Gasteiger partial charge on any atom is -0.369 e. The van der Waals surface area contributed by atoms with E-state index < -0.39 is 0 Å². The van der Waals surface area contributed by atoms with Gasteiger partial charge in [-0.25, -0.2) is 0 Å². The average molecular weight is 275 g/mol. The molecular formula is C17H29N3. The van der Waals surface area contributed by atoms with Crippen molar-refractivity contribution < 1.29 is 0 Å². The second-order valence-electron chi connectivity index (χ2n) is 6.27. The van der Waals surface area contributed by atoms with Gasteiger partial charge in [0.2, 0.25) is 0 Å². The molecule has 1 atom stereocenters. The van der Waals surface area contributed by atoms with E-state index >= 15 is 0 Å². The summed E-state index contributed by atoms with van der Waals surface area (Å²) in [5, 5.41) is 3.44. The van der Waals surface area contributed by atoms with Crippen LogP contribution < -0.4 is 10.2 Å². The third kappa shape index (κ3) is 3.97. The number of benzene rings is 1. The van der Waals surface area contributed by atoms with Crippen molar-refractivity contribution in [2.24, 2.45) is 5.92 Å². The van der Waals surface area contributed by atoms with E-state index in [1.165, 1.54) is 24.3 Å². The van der Waals surface area contributed by atoms with E-state index in [0.29, 0.717) is 12.0 Å². The molecule has 1 aromatic rings. The Bertz CT molecular complexity index is 408. The highest BCUT2D eigenvalue weighted by molar-refractivity contribution is 5.48. The Hall–Kier alpha value is -1.06. The van der Waals surface area contributed by atoms with Crippen molar-refractivity contribution in [2.45, 2.75) is 26.8 Å². The number of hydrogen-bond donors (Lipinski definition) is 1. The lowest BCUT2D eigenvalue weighted by atomic mass is 10.0. The molecule has 1 heterocycles. The molecule has 1 aromatic carbocycles. The van der Waals surface area contributed by atoms with Crippen molar-refractivity contribution in [3.63, 3.8) is 0 Å². The summed E-state index contributed by atoms with van der Waals surface area (Å²) < 4.78 is 0. The lowest BCUT2D eigenvalue weighted by Crippen LogP contribution is -2.51. The van der Waals surface area contributed by atoms with Gasteiger partial charge in [-0.2, -0.15) is 0 Å². The van der Waals surface area contributed by atoms with Crippen LogP contribution >= 0.6 is 0 Å². The maximum atomic E-state index is 3.44. The maximum absolute atomic E-state index is 3.44. The summed E-state index contributed by atoms with van der Waals surface area (Å²) in [6.45, 7) is 12.5. The predicted molar refractivity (Wildman–Crippen MR) is 87.5 cm³/mol. The zero-order chi connectivity index (χ0) is 14.5. The van der Waals surface area contributed by atoms with Crippen LogP contribution in [0.3, 0.4) is 0 Å². The van der Waals surface area contributed by atoms with Gasteiger partial charge in [-0.3, -0.25) is 4.90 Å². The van der Waals surface area contributed by atoms with Crippen LogP contribution in [0.25, 0.3) is 0 Å². The van der Waals surface area contributed by atoms with Gasteiger partial charge >= 0.3 is 0 Å². The van der Waals surface area contributed by atoms with Crippen molar-refractivity contribution in [1.29, 1.82) is 0 Å². The molecule has 0 aromatic heterocycles. The standard InChI is InChI=1S/C17H29N3/c1-14(2)17(18-4)13-19-8-10-20(11-9-19)16-7-5-6-15(3)12-16/h5-7,12,14,17-18H,8-11,13H2,1-4H3. The number of aryl methyl sites for hydroxylation is 1. The Morgan fingerprint density at radius 2 is 1.85 bits per heavy atom. The lowest BCUT2D eigenvalue weighted by molar-refractivity contribution is 0.212. The highest BCUT2D eigenvalue weighted by Crippen LogP contribution is 2.18. The van der Waals surface area contributed by atoms with Crippen molar-refractivity contribution >= 4 is 5.69 Å². The third-order valence-corrected chi connectivity index (χ3v) is 4.37. The average Bonchev–Trinajstić information content (AvgIpc) is 2.45. The molecule has 0 aliphatic carbocycles. The van der Waals surface area contributed by atoms with Gasteiger partial charge in [0.25, 0.3) is 0 Å². The van der Waals surface area contributed by atoms with Crippen LogP contribution in [0.4, 0.5) is 5.69 Å². The quantitative estimate of drug-likeness (QED) is 0.890. The highest BCUT2D eigenvalue weighted by atomic mass is 15.3. The Morgan fingerprint density at radius 1 is 1.15 bits per heavy atom. The summed E-state index contributed by atoms with van der Waals surface area (Å²) in [5.74, 6) is 0.690. The van der Waals surface area contributed by atoms with E-state index in [0.717, 1.165) is 19.6 Å². The third-order valence-electron chi connectivity index (χ3n) is 4.37. The minimum absolute atomic E-state index is 0.598. The molecule has 3 heteroatoms. The van der Waals surface area contributed by atoms with Crippen LogP contribution in [0, 0.1) is 12.8 Å². The molecule has 20 heavy (non-hydrogen) atoms. The van der Waals surface area contributed by atoms with E-state index in [9.17, 15) is 0 Å². The Labute approximate surface area is 124 Å². The molecule has 1 saturated heterocycles. The summed E-state index contributed by atoms with van der Waals surface area (Å²) in [5.41, 5.74) is 2.72. The molecule has 0 amide bonds. The van der Waals surface area contributed by atoms with Crippen LogP contribution in [-0.4, -0.2) is 50.7 Å². The number of rotatable bonds is 5. The largest absolute Gasteiger partial charge is 0.369 e. The van der Waals surface area contributed by atoms with Crippen LogP contribution in [0.15, 0.2) is 24.3 Å². The molecule has 1 aliphatic heterocycles. The normalized spacial score (nSPS) is 18.6. The molecule has 1 N–H and O–H groups in total. The molecular weight excluding hydrogens is 246 g/mol. The van der Waals surface area contributed by atoms with E-state index in [-0.39, 0.29) is 0 Å². The van der Waals surface area contributed by atoms with Gasteiger partial charge in [-0.15, -0.1) is 0 Å². The number of piperazine rings is 1. The molecule has 1 fully saturated rings. The monoisotopic (exact) mass is 275 g/mol. The van der Waals surface area contributed by atoms with Gasteiger partial charge in [0, 0.05) is 44.5 Å². The number of likely N-dealkylation sites (N-methyl/N-ethyl adjacent to an activating group) is 1. The first-order valence-corrected chi connectivity index (χ1v) is 7.81. The molecule has 0 spiro atoms. The summed E-state index contributed by atoms with van der Waals surface area (Å²) >= 11 is 0. The predicted octanol–water partition coefficient (Wildman–Crippen LogP) is 2.36. The van der Waals surface area contributed by atoms with E-state index in [2.05, 4.69) is 67.2 Å². The summed E-state index contributed by atoms with van der Waals surface area (Å²) in [7, 11) is 2.08. The topological polar surface area (TPSA) is 18.5 Å². The van der Waals surface area contributed by atoms with Crippen molar-refractivity contribution in [1.82, 2.24) is 10.2 Å². The zero-order valence-corrected chi connectivity index (χ0v) is 13.4. The minimum atomic E-state index is 0.598. The molecule has 0 radical (unpaired) electrons.